The zero-order chi connectivity index (χ0) is 16.9. The molecule has 1 aliphatic rings. The summed E-state index contributed by atoms with van der Waals surface area (Å²) in [5.41, 5.74) is 0.288. The molecule has 0 unspecified atom stereocenters. The summed E-state index contributed by atoms with van der Waals surface area (Å²) in [6.07, 6.45) is 4.20. The number of hydrogen-bond acceptors (Lipinski definition) is 6. The number of aromatic nitrogens is 1. The van der Waals surface area contributed by atoms with Crippen molar-refractivity contribution in [2.75, 3.05) is 31.1 Å². The summed E-state index contributed by atoms with van der Waals surface area (Å²) in [7, 11) is 0. The molecule has 0 atom stereocenters. The standard InChI is InChI=1S/C17H18N4O2S/c1-2-16(22)20-7-9-21(10-8-20)17-14(12-18)19-15(23-17)6-5-13-4-3-11-24-13/h3-6,11H,2,7-10H2,1H3. The molecule has 24 heavy (non-hydrogen) atoms. The fraction of sp³-hybridized carbons (Fsp3) is 0.353. The third kappa shape index (κ3) is 3.49. The van der Waals surface area contributed by atoms with Crippen molar-refractivity contribution in [1.29, 1.82) is 5.26 Å². The van der Waals surface area contributed by atoms with Crippen LogP contribution < -0.4 is 4.90 Å². The summed E-state index contributed by atoms with van der Waals surface area (Å²) >= 11 is 1.62. The number of carbonyl (C=O) groups excluding carboxylic acids is 1. The molecule has 0 bridgehead atoms. The smallest absolute Gasteiger partial charge is 0.235 e. The summed E-state index contributed by atoms with van der Waals surface area (Å²) in [6.45, 7) is 4.43. The van der Waals surface area contributed by atoms with Gasteiger partial charge in [-0.15, -0.1) is 11.3 Å². The van der Waals surface area contributed by atoms with Gasteiger partial charge in [-0.3, -0.25) is 4.79 Å². The minimum absolute atomic E-state index is 0.160. The molecule has 2 aromatic rings. The second-order valence-electron chi connectivity index (χ2n) is 5.39. The van der Waals surface area contributed by atoms with Crippen molar-refractivity contribution in [3.8, 4) is 6.07 Å². The van der Waals surface area contributed by atoms with E-state index in [0.29, 0.717) is 44.4 Å². The minimum Gasteiger partial charge on any atom is -0.420 e. The summed E-state index contributed by atoms with van der Waals surface area (Å²) in [5, 5.41) is 11.3. The number of oxazole rings is 1. The van der Waals surface area contributed by atoms with E-state index in [1.165, 1.54) is 0 Å². The van der Waals surface area contributed by atoms with Gasteiger partial charge in [0.05, 0.1) is 0 Å². The minimum atomic E-state index is 0.160. The van der Waals surface area contributed by atoms with Gasteiger partial charge in [0, 0.05) is 43.6 Å². The molecule has 1 amide bonds. The van der Waals surface area contributed by atoms with E-state index in [1.54, 1.807) is 17.4 Å². The molecule has 7 heteroatoms. The average Bonchev–Trinajstić information content (AvgIpc) is 3.28. The van der Waals surface area contributed by atoms with E-state index < -0.39 is 0 Å². The maximum absolute atomic E-state index is 11.7. The maximum Gasteiger partial charge on any atom is 0.235 e. The van der Waals surface area contributed by atoms with Gasteiger partial charge in [0.15, 0.2) is 0 Å². The molecular weight excluding hydrogens is 324 g/mol. The number of thiophene rings is 1. The molecule has 3 rings (SSSR count). The Hall–Kier alpha value is -2.59. The Morgan fingerprint density at radius 3 is 2.83 bits per heavy atom. The van der Waals surface area contributed by atoms with E-state index in [9.17, 15) is 10.1 Å². The third-order valence-electron chi connectivity index (χ3n) is 3.89. The van der Waals surface area contributed by atoms with Crippen molar-refractivity contribution < 1.29 is 9.21 Å². The lowest BCUT2D eigenvalue weighted by atomic mass is 10.3. The number of amides is 1. The molecule has 3 heterocycles. The highest BCUT2D eigenvalue weighted by Gasteiger charge is 2.25. The first-order valence-corrected chi connectivity index (χ1v) is 8.74. The molecule has 0 aromatic carbocycles. The highest BCUT2D eigenvalue weighted by molar-refractivity contribution is 7.10. The lowest BCUT2D eigenvalue weighted by Gasteiger charge is -2.34. The summed E-state index contributed by atoms with van der Waals surface area (Å²) in [4.78, 5) is 20.9. The monoisotopic (exact) mass is 342 g/mol. The van der Waals surface area contributed by atoms with Crippen LogP contribution in [0.1, 0.15) is 29.8 Å². The van der Waals surface area contributed by atoms with E-state index in [1.807, 2.05) is 40.3 Å². The number of carbonyl (C=O) groups is 1. The van der Waals surface area contributed by atoms with Crippen LogP contribution in [0.15, 0.2) is 21.9 Å². The number of hydrogen-bond donors (Lipinski definition) is 0. The third-order valence-corrected chi connectivity index (χ3v) is 4.72. The Bertz CT molecular complexity index is 765. The summed E-state index contributed by atoms with van der Waals surface area (Å²) in [5.74, 6) is 1.07. The van der Waals surface area contributed by atoms with Crippen LogP contribution in [-0.4, -0.2) is 42.0 Å². The molecule has 0 N–H and O–H groups in total. The molecule has 6 nitrogen and oxygen atoms in total. The van der Waals surface area contributed by atoms with Crippen molar-refractivity contribution in [3.05, 3.63) is 34.0 Å². The predicted octanol–water partition coefficient (Wildman–Crippen LogP) is 2.84. The van der Waals surface area contributed by atoms with Gasteiger partial charge < -0.3 is 14.2 Å². The predicted molar refractivity (Wildman–Crippen MR) is 93.5 cm³/mol. The molecule has 1 saturated heterocycles. The Kier molecular flexibility index (Phi) is 4.96. The number of anilines is 1. The van der Waals surface area contributed by atoms with Crippen LogP contribution in [0, 0.1) is 11.3 Å². The van der Waals surface area contributed by atoms with Crippen LogP contribution >= 0.6 is 11.3 Å². The number of piperazine rings is 1. The SMILES string of the molecule is CCC(=O)N1CCN(c2oc(C=Cc3cccs3)nc2C#N)CC1. The number of nitrogens with zero attached hydrogens (tertiary/aromatic N) is 4. The Balaban J connectivity index is 1.72. The number of nitriles is 1. The first-order valence-electron chi connectivity index (χ1n) is 7.86. The zero-order valence-electron chi connectivity index (χ0n) is 13.4. The average molecular weight is 342 g/mol. The quantitative estimate of drug-likeness (QED) is 0.854. The van der Waals surface area contributed by atoms with Gasteiger partial charge in [-0.25, -0.2) is 0 Å². The maximum atomic E-state index is 11.7. The second kappa shape index (κ2) is 7.32. The molecule has 124 valence electrons. The zero-order valence-corrected chi connectivity index (χ0v) is 14.3. The van der Waals surface area contributed by atoms with Crippen LogP contribution in [-0.2, 0) is 4.79 Å². The molecule has 0 spiro atoms. The Morgan fingerprint density at radius 2 is 2.21 bits per heavy atom. The molecule has 1 aliphatic heterocycles. The molecule has 0 aliphatic carbocycles. The largest absolute Gasteiger partial charge is 0.420 e. The Morgan fingerprint density at radius 1 is 1.42 bits per heavy atom. The van der Waals surface area contributed by atoms with E-state index in [-0.39, 0.29) is 11.6 Å². The van der Waals surface area contributed by atoms with E-state index >= 15 is 0 Å². The van der Waals surface area contributed by atoms with Gasteiger partial charge in [-0.2, -0.15) is 10.2 Å². The van der Waals surface area contributed by atoms with Crippen molar-refractivity contribution >= 4 is 35.3 Å². The van der Waals surface area contributed by atoms with Gasteiger partial charge in [0.2, 0.25) is 23.4 Å². The van der Waals surface area contributed by atoms with Gasteiger partial charge in [-0.1, -0.05) is 13.0 Å². The van der Waals surface area contributed by atoms with Crippen molar-refractivity contribution in [2.24, 2.45) is 0 Å². The van der Waals surface area contributed by atoms with Crippen molar-refractivity contribution in [3.63, 3.8) is 0 Å². The normalized spacial score (nSPS) is 15.0. The van der Waals surface area contributed by atoms with Crippen molar-refractivity contribution in [1.82, 2.24) is 9.88 Å². The van der Waals surface area contributed by atoms with Crippen molar-refractivity contribution in [2.45, 2.75) is 13.3 Å². The first-order chi connectivity index (χ1) is 11.7. The molecule has 0 saturated carbocycles. The summed E-state index contributed by atoms with van der Waals surface area (Å²) < 4.78 is 5.77. The van der Waals surface area contributed by atoms with Gasteiger partial charge >= 0.3 is 0 Å². The summed E-state index contributed by atoms with van der Waals surface area (Å²) in [6, 6.07) is 6.07. The molecule has 0 radical (unpaired) electrons. The molecular formula is C17H18N4O2S. The van der Waals surface area contributed by atoms with Crippen LogP contribution in [0.25, 0.3) is 12.2 Å². The molecule has 1 fully saturated rings. The second-order valence-corrected chi connectivity index (χ2v) is 6.37. The van der Waals surface area contributed by atoms with Gasteiger partial charge in [0.25, 0.3) is 0 Å². The first kappa shape index (κ1) is 16.3. The van der Waals surface area contributed by atoms with Gasteiger partial charge in [-0.05, 0) is 17.5 Å². The van der Waals surface area contributed by atoms with E-state index in [0.717, 1.165) is 4.88 Å². The topological polar surface area (TPSA) is 73.4 Å². The van der Waals surface area contributed by atoms with Crippen LogP contribution in [0.2, 0.25) is 0 Å². The highest BCUT2D eigenvalue weighted by Crippen LogP contribution is 2.24. The van der Waals surface area contributed by atoms with Crippen LogP contribution in [0.5, 0.6) is 0 Å². The lowest BCUT2D eigenvalue weighted by molar-refractivity contribution is -0.131. The van der Waals surface area contributed by atoms with Gasteiger partial charge in [0.1, 0.15) is 6.07 Å². The van der Waals surface area contributed by atoms with E-state index in [4.69, 9.17) is 4.42 Å². The molecule has 2 aromatic heterocycles. The van der Waals surface area contributed by atoms with Crippen LogP contribution in [0.4, 0.5) is 5.88 Å². The number of rotatable bonds is 4. The van der Waals surface area contributed by atoms with Crippen LogP contribution in [0.3, 0.4) is 0 Å². The fourth-order valence-corrected chi connectivity index (χ4v) is 3.23. The Labute approximate surface area is 144 Å². The lowest BCUT2D eigenvalue weighted by Crippen LogP contribution is -2.48. The highest BCUT2D eigenvalue weighted by atomic mass is 32.1. The van der Waals surface area contributed by atoms with E-state index in [2.05, 4.69) is 11.1 Å². The fourth-order valence-electron chi connectivity index (χ4n) is 2.61.